The van der Waals surface area contributed by atoms with Gasteiger partial charge in [-0.3, -0.25) is 0 Å². The SMILES string of the molecule is C=C/C=C(\C=C(\S)C(C)CC)c1ccc(Br)o1. The molecule has 0 radical (unpaired) electrons. The van der Waals surface area contributed by atoms with Crippen LogP contribution in [0.4, 0.5) is 0 Å². The summed E-state index contributed by atoms with van der Waals surface area (Å²) in [7, 11) is 0. The van der Waals surface area contributed by atoms with Crippen molar-refractivity contribution in [2.24, 2.45) is 5.92 Å². The van der Waals surface area contributed by atoms with E-state index in [0.29, 0.717) is 5.92 Å². The van der Waals surface area contributed by atoms with E-state index in [1.807, 2.05) is 24.3 Å². The van der Waals surface area contributed by atoms with Gasteiger partial charge in [0.15, 0.2) is 4.67 Å². The molecule has 0 aliphatic heterocycles. The Balaban J connectivity index is 3.04. The molecule has 0 spiro atoms. The fourth-order valence-electron chi connectivity index (χ4n) is 1.31. The van der Waals surface area contributed by atoms with Gasteiger partial charge in [-0.05, 0) is 51.4 Å². The van der Waals surface area contributed by atoms with Gasteiger partial charge in [0.05, 0.1) is 0 Å². The quantitative estimate of drug-likeness (QED) is 0.562. The monoisotopic (exact) mass is 312 g/mol. The molecule has 3 heteroatoms. The minimum Gasteiger partial charge on any atom is -0.449 e. The van der Waals surface area contributed by atoms with Gasteiger partial charge in [0.1, 0.15) is 5.76 Å². The topological polar surface area (TPSA) is 13.1 Å². The molecule has 92 valence electrons. The molecule has 0 N–H and O–H groups in total. The summed E-state index contributed by atoms with van der Waals surface area (Å²) in [5.74, 6) is 1.26. The summed E-state index contributed by atoms with van der Waals surface area (Å²) in [5, 5.41) is 0. The lowest BCUT2D eigenvalue weighted by Gasteiger charge is -2.08. The van der Waals surface area contributed by atoms with Crippen LogP contribution < -0.4 is 0 Å². The summed E-state index contributed by atoms with van der Waals surface area (Å²) in [5.41, 5.74) is 0.982. The van der Waals surface area contributed by atoms with Gasteiger partial charge in [0, 0.05) is 5.57 Å². The van der Waals surface area contributed by atoms with Crippen LogP contribution in [0.2, 0.25) is 0 Å². The van der Waals surface area contributed by atoms with E-state index in [9.17, 15) is 0 Å². The molecule has 0 bridgehead atoms. The van der Waals surface area contributed by atoms with E-state index in [4.69, 9.17) is 4.42 Å². The van der Waals surface area contributed by atoms with Crippen molar-refractivity contribution < 1.29 is 4.42 Å². The highest BCUT2D eigenvalue weighted by molar-refractivity contribution is 9.10. The first kappa shape index (κ1) is 14.4. The first-order valence-corrected chi connectivity index (χ1v) is 6.81. The van der Waals surface area contributed by atoms with Crippen LogP contribution in [-0.4, -0.2) is 0 Å². The highest BCUT2D eigenvalue weighted by atomic mass is 79.9. The van der Waals surface area contributed by atoms with E-state index in [0.717, 1.165) is 27.3 Å². The normalized spacial score (nSPS) is 14.8. The second-order valence-corrected chi connectivity index (χ2v) is 5.14. The van der Waals surface area contributed by atoms with Gasteiger partial charge in [-0.15, -0.1) is 12.6 Å². The first-order chi connectivity index (χ1) is 8.08. The van der Waals surface area contributed by atoms with Crippen LogP contribution in [0.1, 0.15) is 26.0 Å². The first-order valence-electron chi connectivity index (χ1n) is 5.57. The van der Waals surface area contributed by atoms with E-state index in [1.54, 1.807) is 6.08 Å². The van der Waals surface area contributed by atoms with Crippen LogP contribution in [0.3, 0.4) is 0 Å². The van der Waals surface area contributed by atoms with E-state index in [1.165, 1.54) is 0 Å². The number of rotatable bonds is 5. The van der Waals surface area contributed by atoms with Crippen molar-refractivity contribution in [1.29, 1.82) is 0 Å². The standard InChI is InChI=1S/C14H17BrOS/c1-4-6-11(9-13(17)10(3)5-2)12-7-8-14(15)16-12/h4,6-10,17H,1,5H2,2-3H3/b11-6+,13-9+. The minimum atomic E-state index is 0.449. The molecular formula is C14H17BrOS. The summed E-state index contributed by atoms with van der Waals surface area (Å²) < 4.78 is 6.26. The fourth-order valence-corrected chi connectivity index (χ4v) is 1.94. The maximum Gasteiger partial charge on any atom is 0.169 e. The maximum atomic E-state index is 5.53. The van der Waals surface area contributed by atoms with E-state index in [2.05, 4.69) is 49.0 Å². The van der Waals surface area contributed by atoms with Crippen molar-refractivity contribution in [3.63, 3.8) is 0 Å². The Kier molecular flexibility index (Phi) is 5.86. The second kappa shape index (κ2) is 6.92. The molecule has 0 saturated heterocycles. The number of hydrogen-bond donors (Lipinski definition) is 1. The lowest BCUT2D eigenvalue weighted by molar-refractivity contribution is 0.529. The molecule has 0 aliphatic rings. The Bertz CT molecular complexity index is 443. The fraction of sp³-hybridized carbons (Fsp3) is 0.286. The Morgan fingerprint density at radius 1 is 1.59 bits per heavy atom. The van der Waals surface area contributed by atoms with Crippen molar-refractivity contribution in [1.82, 2.24) is 0 Å². The second-order valence-electron chi connectivity index (χ2n) is 3.84. The molecule has 1 nitrogen and oxygen atoms in total. The average Bonchev–Trinajstić information content (AvgIpc) is 2.74. The zero-order valence-corrected chi connectivity index (χ0v) is 12.6. The average molecular weight is 313 g/mol. The maximum absolute atomic E-state index is 5.53. The van der Waals surface area contributed by atoms with Crippen molar-refractivity contribution in [3.8, 4) is 0 Å². The number of hydrogen-bond acceptors (Lipinski definition) is 2. The van der Waals surface area contributed by atoms with Crippen molar-refractivity contribution in [2.45, 2.75) is 20.3 Å². The Hall–Kier alpha value is -0.670. The minimum absolute atomic E-state index is 0.449. The predicted octanol–water partition coefficient (Wildman–Crippen LogP) is 5.47. The molecule has 1 heterocycles. The molecule has 0 amide bonds. The molecule has 1 atom stereocenters. The molecular weight excluding hydrogens is 296 g/mol. The number of furan rings is 1. The Morgan fingerprint density at radius 2 is 2.29 bits per heavy atom. The van der Waals surface area contributed by atoms with Gasteiger partial charge in [0.25, 0.3) is 0 Å². The molecule has 0 aromatic carbocycles. The summed E-state index contributed by atoms with van der Waals surface area (Å²) >= 11 is 7.83. The third kappa shape index (κ3) is 4.25. The zero-order valence-electron chi connectivity index (χ0n) is 10.1. The zero-order chi connectivity index (χ0) is 12.8. The highest BCUT2D eigenvalue weighted by Crippen LogP contribution is 2.27. The summed E-state index contributed by atoms with van der Waals surface area (Å²) in [6.45, 7) is 8.02. The van der Waals surface area contributed by atoms with Crippen molar-refractivity contribution >= 4 is 34.1 Å². The lowest BCUT2D eigenvalue weighted by Crippen LogP contribution is -1.92. The Morgan fingerprint density at radius 3 is 2.76 bits per heavy atom. The summed E-state index contributed by atoms with van der Waals surface area (Å²) in [6.07, 6.45) is 6.77. The van der Waals surface area contributed by atoms with Gasteiger partial charge in [-0.2, -0.15) is 0 Å². The van der Waals surface area contributed by atoms with Crippen LogP contribution in [0, 0.1) is 5.92 Å². The van der Waals surface area contributed by atoms with Gasteiger partial charge >= 0.3 is 0 Å². The molecule has 0 aliphatic carbocycles. The van der Waals surface area contributed by atoms with Gasteiger partial charge < -0.3 is 4.42 Å². The largest absolute Gasteiger partial charge is 0.449 e. The van der Waals surface area contributed by atoms with Gasteiger partial charge in [-0.1, -0.05) is 32.6 Å². The van der Waals surface area contributed by atoms with Crippen LogP contribution in [0.15, 0.2) is 50.9 Å². The molecule has 0 fully saturated rings. The van der Waals surface area contributed by atoms with Gasteiger partial charge in [0.2, 0.25) is 0 Å². The van der Waals surface area contributed by atoms with Crippen LogP contribution in [0.25, 0.3) is 5.57 Å². The smallest absolute Gasteiger partial charge is 0.169 e. The van der Waals surface area contributed by atoms with Gasteiger partial charge in [-0.25, -0.2) is 0 Å². The number of halogens is 1. The predicted molar refractivity (Wildman–Crippen MR) is 81.1 cm³/mol. The van der Waals surface area contributed by atoms with E-state index < -0.39 is 0 Å². The van der Waals surface area contributed by atoms with E-state index in [-0.39, 0.29) is 0 Å². The van der Waals surface area contributed by atoms with Crippen molar-refractivity contribution in [3.05, 3.63) is 52.3 Å². The molecule has 1 aromatic heterocycles. The number of thiol groups is 1. The van der Waals surface area contributed by atoms with Crippen LogP contribution in [0.5, 0.6) is 0 Å². The third-order valence-corrected chi connectivity index (χ3v) is 3.57. The third-order valence-electron chi connectivity index (χ3n) is 2.58. The molecule has 0 saturated carbocycles. The summed E-state index contributed by atoms with van der Waals surface area (Å²) in [4.78, 5) is 1.05. The molecule has 1 unspecified atom stereocenters. The molecule has 17 heavy (non-hydrogen) atoms. The van der Waals surface area contributed by atoms with Crippen LogP contribution >= 0.6 is 28.6 Å². The molecule has 1 rings (SSSR count). The highest BCUT2D eigenvalue weighted by Gasteiger charge is 2.07. The lowest BCUT2D eigenvalue weighted by atomic mass is 10.1. The molecule has 1 aromatic rings. The van der Waals surface area contributed by atoms with Crippen molar-refractivity contribution in [2.75, 3.05) is 0 Å². The van der Waals surface area contributed by atoms with Crippen LogP contribution in [-0.2, 0) is 0 Å². The summed E-state index contributed by atoms with van der Waals surface area (Å²) in [6, 6.07) is 3.80. The van der Waals surface area contributed by atoms with E-state index >= 15 is 0 Å². The Labute approximate surface area is 117 Å². The number of allylic oxidation sites excluding steroid dienone is 5.